The third-order valence-corrected chi connectivity index (χ3v) is 6.50. The van der Waals surface area contributed by atoms with Crippen molar-refractivity contribution in [2.45, 2.75) is 64.0 Å². The zero-order valence-electron chi connectivity index (χ0n) is 13.0. The van der Waals surface area contributed by atoms with Gasteiger partial charge in [-0.1, -0.05) is 38.5 Å². The van der Waals surface area contributed by atoms with Gasteiger partial charge in [-0.15, -0.1) is 0 Å². The van der Waals surface area contributed by atoms with E-state index < -0.39 is 0 Å². The fourth-order valence-corrected chi connectivity index (χ4v) is 5.40. The molecule has 0 aromatic heterocycles. The molecule has 1 saturated carbocycles. The van der Waals surface area contributed by atoms with E-state index in [4.69, 9.17) is 4.99 Å². The van der Waals surface area contributed by atoms with Crippen LogP contribution in [-0.2, 0) is 0 Å². The monoisotopic (exact) mass is 295 g/mol. The van der Waals surface area contributed by atoms with Crippen molar-refractivity contribution >= 4 is 16.9 Å². The Kier molecular flexibility index (Phi) is 4.61. The first-order valence-corrected chi connectivity index (χ1v) is 9.39. The average molecular weight is 295 g/mol. The SMILES string of the molecule is CCN1CCCC1CN=C1NC2(CCCC(C)C2)CS1. The molecule has 0 aromatic carbocycles. The molecule has 3 atom stereocenters. The molecule has 2 aliphatic heterocycles. The van der Waals surface area contributed by atoms with Gasteiger partial charge in [-0.3, -0.25) is 9.89 Å². The summed E-state index contributed by atoms with van der Waals surface area (Å²) in [4.78, 5) is 7.49. The molecular weight excluding hydrogens is 266 g/mol. The number of amidine groups is 1. The Balaban J connectivity index is 1.55. The van der Waals surface area contributed by atoms with Gasteiger partial charge in [-0.25, -0.2) is 0 Å². The first-order valence-electron chi connectivity index (χ1n) is 8.40. The molecule has 0 amide bonds. The van der Waals surface area contributed by atoms with Gasteiger partial charge < -0.3 is 5.32 Å². The fraction of sp³-hybridized carbons (Fsp3) is 0.938. The molecule has 3 aliphatic rings. The van der Waals surface area contributed by atoms with E-state index in [0.717, 1.165) is 12.5 Å². The van der Waals surface area contributed by atoms with Gasteiger partial charge in [0.1, 0.15) is 0 Å². The van der Waals surface area contributed by atoms with Crippen molar-refractivity contribution in [3.63, 3.8) is 0 Å². The highest BCUT2D eigenvalue weighted by Crippen LogP contribution is 2.38. The minimum absolute atomic E-state index is 0.376. The molecule has 0 aromatic rings. The van der Waals surface area contributed by atoms with E-state index in [1.54, 1.807) is 0 Å². The standard InChI is InChI=1S/C16H29N3S/c1-3-19-9-5-7-14(19)11-17-15-18-16(12-20-15)8-4-6-13(2)10-16/h13-14H,3-12H2,1-2H3,(H,17,18). The Bertz CT molecular complexity index is 371. The van der Waals surface area contributed by atoms with Crippen molar-refractivity contribution in [2.24, 2.45) is 10.9 Å². The van der Waals surface area contributed by atoms with E-state index in [2.05, 4.69) is 24.1 Å². The van der Waals surface area contributed by atoms with Crippen molar-refractivity contribution in [3.8, 4) is 0 Å². The molecule has 0 radical (unpaired) electrons. The summed E-state index contributed by atoms with van der Waals surface area (Å²) >= 11 is 1.96. The van der Waals surface area contributed by atoms with Crippen LogP contribution in [0.15, 0.2) is 4.99 Å². The van der Waals surface area contributed by atoms with Gasteiger partial charge in [0.05, 0.1) is 6.54 Å². The highest BCUT2D eigenvalue weighted by atomic mass is 32.2. The number of thioether (sulfide) groups is 1. The lowest BCUT2D eigenvalue weighted by Gasteiger charge is -2.36. The summed E-state index contributed by atoms with van der Waals surface area (Å²) < 4.78 is 0. The van der Waals surface area contributed by atoms with Crippen LogP contribution >= 0.6 is 11.8 Å². The minimum Gasteiger partial charge on any atom is -0.359 e. The summed E-state index contributed by atoms with van der Waals surface area (Å²) in [5.74, 6) is 2.11. The third kappa shape index (κ3) is 3.16. The Morgan fingerprint density at radius 2 is 2.30 bits per heavy atom. The van der Waals surface area contributed by atoms with Gasteiger partial charge >= 0.3 is 0 Å². The number of hydrogen-bond acceptors (Lipinski definition) is 3. The highest BCUT2D eigenvalue weighted by molar-refractivity contribution is 8.14. The topological polar surface area (TPSA) is 27.6 Å². The number of nitrogens with one attached hydrogen (secondary N) is 1. The van der Waals surface area contributed by atoms with E-state index in [1.165, 1.54) is 62.5 Å². The molecule has 1 spiro atoms. The van der Waals surface area contributed by atoms with Crippen LogP contribution in [0.3, 0.4) is 0 Å². The lowest BCUT2D eigenvalue weighted by atomic mass is 9.78. The van der Waals surface area contributed by atoms with Gasteiger partial charge in [0.2, 0.25) is 0 Å². The first-order chi connectivity index (χ1) is 9.71. The van der Waals surface area contributed by atoms with Crippen molar-refractivity contribution in [1.82, 2.24) is 10.2 Å². The van der Waals surface area contributed by atoms with Gasteiger partial charge in [-0.2, -0.15) is 0 Å². The van der Waals surface area contributed by atoms with Crippen molar-refractivity contribution < 1.29 is 0 Å². The van der Waals surface area contributed by atoms with E-state index in [-0.39, 0.29) is 0 Å². The summed E-state index contributed by atoms with van der Waals surface area (Å²) in [5.41, 5.74) is 0.376. The zero-order chi connectivity index (χ0) is 14.0. The Labute approximate surface area is 128 Å². The van der Waals surface area contributed by atoms with Crippen molar-refractivity contribution in [1.29, 1.82) is 0 Å². The lowest BCUT2D eigenvalue weighted by molar-refractivity contribution is 0.242. The first kappa shape index (κ1) is 14.7. The number of nitrogens with zero attached hydrogens (tertiary/aromatic N) is 2. The molecule has 3 unspecified atom stereocenters. The number of rotatable bonds is 3. The fourth-order valence-electron chi connectivity index (χ4n) is 4.20. The smallest absolute Gasteiger partial charge is 0.157 e. The summed E-state index contributed by atoms with van der Waals surface area (Å²) in [5, 5.41) is 5.01. The van der Waals surface area contributed by atoms with Gasteiger partial charge in [-0.05, 0) is 44.7 Å². The minimum atomic E-state index is 0.376. The molecule has 3 rings (SSSR count). The molecule has 2 saturated heterocycles. The molecule has 3 nitrogen and oxygen atoms in total. The van der Waals surface area contributed by atoms with Crippen LogP contribution in [0.2, 0.25) is 0 Å². The molecule has 4 heteroatoms. The number of hydrogen-bond donors (Lipinski definition) is 1. The maximum Gasteiger partial charge on any atom is 0.157 e. The number of aliphatic imine (C=N–C) groups is 1. The third-order valence-electron chi connectivity index (χ3n) is 5.30. The molecule has 20 heavy (non-hydrogen) atoms. The maximum absolute atomic E-state index is 4.90. The van der Waals surface area contributed by atoms with Gasteiger partial charge in [0.25, 0.3) is 0 Å². The average Bonchev–Trinajstić information content (AvgIpc) is 3.03. The molecule has 0 bridgehead atoms. The normalized spacial score (nSPS) is 40.6. The second-order valence-corrected chi connectivity index (χ2v) is 7.93. The van der Waals surface area contributed by atoms with Crippen LogP contribution < -0.4 is 5.32 Å². The van der Waals surface area contributed by atoms with Gasteiger partial charge in [0.15, 0.2) is 5.17 Å². The predicted octanol–water partition coefficient (Wildman–Crippen LogP) is 3.11. The van der Waals surface area contributed by atoms with Crippen LogP contribution in [0.25, 0.3) is 0 Å². The van der Waals surface area contributed by atoms with Crippen LogP contribution in [0.1, 0.15) is 52.4 Å². The number of likely N-dealkylation sites (tertiary alicyclic amines) is 1. The van der Waals surface area contributed by atoms with Crippen LogP contribution in [-0.4, -0.2) is 47.0 Å². The second kappa shape index (κ2) is 6.27. The summed E-state index contributed by atoms with van der Waals surface area (Å²) in [7, 11) is 0. The number of likely N-dealkylation sites (N-methyl/N-ethyl adjacent to an activating group) is 1. The predicted molar refractivity (Wildman–Crippen MR) is 88.5 cm³/mol. The van der Waals surface area contributed by atoms with Gasteiger partial charge in [0, 0.05) is 17.3 Å². The zero-order valence-corrected chi connectivity index (χ0v) is 13.8. The second-order valence-electron chi connectivity index (χ2n) is 6.97. The largest absolute Gasteiger partial charge is 0.359 e. The molecule has 1 aliphatic carbocycles. The van der Waals surface area contributed by atoms with E-state index >= 15 is 0 Å². The van der Waals surface area contributed by atoms with Crippen LogP contribution in [0, 0.1) is 5.92 Å². The summed E-state index contributed by atoms with van der Waals surface area (Å²) in [6.07, 6.45) is 8.16. The Hall–Kier alpha value is -0.220. The summed E-state index contributed by atoms with van der Waals surface area (Å²) in [6.45, 7) is 8.12. The maximum atomic E-state index is 4.90. The van der Waals surface area contributed by atoms with E-state index in [1.807, 2.05) is 11.8 Å². The lowest BCUT2D eigenvalue weighted by Crippen LogP contribution is -2.47. The molecule has 114 valence electrons. The Morgan fingerprint density at radius 3 is 3.10 bits per heavy atom. The molecule has 3 fully saturated rings. The quantitative estimate of drug-likeness (QED) is 0.867. The highest BCUT2D eigenvalue weighted by Gasteiger charge is 2.40. The Morgan fingerprint density at radius 1 is 1.40 bits per heavy atom. The molecular formula is C16H29N3S. The molecule has 1 N–H and O–H groups in total. The van der Waals surface area contributed by atoms with Crippen LogP contribution in [0.4, 0.5) is 0 Å². The van der Waals surface area contributed by atoms with Crippen molar-refractivity contribution in [2.75, 3.05) is 25.4 Å². The summed E-state index contributed by atoms with van der Waals surface area (Å²) in [6, 6.07) is 0.691. The van der Waals surface area contributed by atoms with E-state index in [9.17, 15) is 0 Å². The van der Waals surface area contributed by atoms with Crippen LogP contribution in [0.5, 0.6) is 0 Å². The van der Waals surface area contributed by atoms with Crippen molar-refractivity contribution in [3.05, 3.63) is 0 Å². The molecule has 2 heterocycles. The van der Waals surface area contributed by atoms with E-state index in [0.29, 0.717) is 11.6 Å².